The molecular weight excluding hydrogens is 305 g/mol. The van der Waals surface area contributed by atoms with Gasteiger partial charge in [0.05, 0.1) is 6.33 Å². The maximum atomic E-state index is 11.4. The zero-order valence-corrected chi connectivity index (χ0v) is 11.0. The normalized spacial score (nSPS) is 10.4. The van der Waals surface area contributed by atoms with Gasteiger partial charge in [0.1, 0.15) is 9.39 Å². The molecule has 5 heteroatoms. The fourth-order valence-electron chi connectivity index (χ4n) is 1.25. The summed E-state index contributed by atoms with van der Waals surface area (Å²) in [5, 5.41) is 0. The lowest BCUT2D eigenvalue weighted by Crippen LogP contribution is -2.34. The van der Waals surface area contributed by atoms with Crippen LogP contribution < -0.4 is 10.5 Å². The largest absolute Gasteiger partial charge is 0.349 e. The van der Waals surface area contributed by atoms with Crippen molar-refractivity contribution in [2.75, 3.05) is 11.4 Å². The Morgan fingerprint density at radius 2 is 2.40 bits per heavy atom. The molecule has 0 saturated heterocycles. The molecule has 1 rings (SSSR count). The fourth-order valence-corrected chi connectivity index (χ4v) is 1.86. The number of hydrogen-bond acceptors (Lipinski definition) is 3. The molecule has 0 fully saturated rings. The highest BCUT2D eigenvalue weighted by molar-refractivity contribution is 14.1. The first-order chi connectivity index (χ1) is 7.07. The number of nitrogens with one attached hydrogen (secondary N) is 1. The van der Waals surface area contributed by atoms with E-state index >= 15 is 0 Å². The maximum Gasteiger partial charge on any atom is 0.266 e. The minimum absolute atomic E-state index is 0.102. The summed E-state index contributed by atoms with van der Waals surface area (Å²) in [4.78, 5) is 20.2. The molecular formula is C10H14IN3O. The highest BCUT2D eigenvalue weighted by atomic mass is 127. The summed E-state index contributed by atoms with van der Waals surface area (Å²) in [7, 11) is 0. The van der Waals surface area contributed by atoms with Gasteiger partial charge in [-0.3, -0.25) is 4.79 Å². The minimum atomic E-state index is -0.102. The zero-order valence-electron chi connectivity index (χ0n) is 8.83. The Hall–Kier alpha value is -0.850. The molecule has 0 aromatic carbocycles. The zero-order chi connectivity index (χ0) is 11.4. The maximum absolute atomic E-state index is 11.4. The van der Waals surface area contributed by atoms with E-state index < -0.39 is 0 Å². The number of aromatic amines is 1. The topological polar surface area (TPSA) is 49.0 Å². The lowest BCUT2D eigenvalue weighted by Gasteiger charge is -2.26. The van der Waals surface area contributed by atoms with Crippen molar-refractivity contribution in [1.82, 2.24) is 9.97 Å². The average Bonchev–Trinajstić information content (AvgIpc) is 2.19. The van der Waals surface area contributed by atoms with E-state index in [4.69, 9.17) is 0 Å². The molecule has 1 aromatic heterocycles. The Morgan fingerprint density at radius 3 is 2.93 bits per heavy atom. The van der Waals surface area contributed by atoms with Gasteiger partial charge in [0.2, 0.25) is 0 Å². The van der Waals surface area contributed by atoms with Crippen LogP contribution in [-0.2, 0) is 0 Å². The summed E-state index contributed by atoms with van der Waals surface area (Å²) in [5.74, 6) is 0.717. The van der Waals surface area contributed by atoms with Gasteiger partial charge in [0.15, 0.2) is 0 Å². The SMILES string of the molecule is C=CCN(c1nc[nH]c(=O)c1I)C(C)C. The van der Waals surface area contributed by atoms with Gasteiger partial charge in [-0.2, -0.15) is 0 Å². The van der Waals surface area contributed by atoms with Gasteiger partial charge in [0.25, 0.3) is 5.56 Å². The van der Waals surface area contributed by atoms with Gasteiger partial charge in [-0.25, -0.2) is 4.98 Å². The van der Waals surface area contributed by atoms with Crippen LogP contribution in [0, 0.1) is 3.57 Å². The molecule has 0 aliphatic heterocycles. The summed E-state index contributed by atoms with van der Waals surface area (Å²) in [6, 6.07) is 0.283. The van der Waals surface area contributed by atoms with Crippen LogP contribution in [0.2, 0.25) is 0 Å². The van der Waals surface area contributed by atoms with Crippen LogP contribution in [0.15, 0.2) is 23.8 Å². The Bertz CT molecular complexity index is 400. The van der Waals surface area contributed by atoms with E-state index in [1.807, 2.05) is 27.5 Å². The van der Waals surface area contributed by atoms with Crippen molar-refractivity contribution < 1.29 is 0 Å². The first kappa shape index (κ1) is 12.2. The second kappa shape index (κ2) is 5.29. The number of H-pyrrole nitrogens is 1. The molecule has 0 saturated carbocycles. The molecule has 82 valence electrons. The lowest BCUT2D eigenvalue weighted by molar-refractivity contribution is 0.707. The van der Waals surface area contributed by atoms with Gasteiger partial charge in [-0.1, -0.05) is 6.08 Å². The summed E-state index contributed by atoms with van der Waals surface area (Å²) in [6.07, 6.45) is 3.23. The first-order valence-electron chi connectivity index (χ1n) is 4.68. The molecule has 0 spiro atoms. The lowest BCUT2D eigenvalue weighted by atomic mass is 10.3. The third kappa shape index (κ3) is 2.80. The fraction of sp³-hybridized carbons (Fsp3) is 0.400. The number of anilines is 1. The van der Waals surface area contributed by atoms with E-state index in [0.717, 1.165) is 0 Å². The predicted octanol–water partition coefficient (Wildman–Crippen LogP) is 1.78. The van der Waals surface area contributed by atoms with Gasteiger partial charge in [-0.05, 0) is 36.4 Å². The third-order valence-electron chi connectivity index (χ3n) is 2.00. The van der Waals surface area contributed by atoms with E-state index in [0.29, 0.717) is 15.9 Å². The molecule has 0 bridgehead atoms. The van der Waals surface area contributed by atoms with Crippen molar-refractivity contribution in [2.45, 2.75) is 19.9 Å². The number of nitrogens with zero attached hydrogens (tertiary/aromatic N) is 2. The van der Waals surface area contributed by atoms with Crippen molar-refractivity contribution in [3.8, 4) is 0 Å². The molecule has 0 aliphatic carbocycles. The van der Waals surface area contributed by atoms with E-state index in [1.54, 1.807) is 6.08 Å². The molecule has 0 amide bonds. The predicted molar refractivity (Wildman–Crippen MR) is 70.3 cm³/mol. The van der Waals surface area contributed by atoms with Gasteiger partial charge in [-0.15, -0.1) is 6.58 Å². The van der Waals surface area contributed by atoms with Crippen molar-refractivity contribution in [1.29, 1.82) is 0 Å². The van der Waals surface area contributed by atoms with E-state index in [1.165, 1.54) is 6.33 Å². The van der Waals surface area contributed by atoms with Crippen molar-refractivity contribution >= 4 is 28.4 Å². The van der Waals surface area contributed by atoms with Gasteiger partial charge in [0, 0.05) is 12.6 Å². The van der Waals surface area contributed by atoms with Crippen LogP contribution in [0.1, 0.15) is 13.8 Å². The standard InChI is InChI=1S/C10H14IN3O/c1-4-5-14(7(2)3)9-8(11)10(15)13-6-12-9/h4,6-7H,1,5H2,2-3H3,(H,12,13,15). The number of hydrogen-bond donors (Lipinski definition) is 1. The summed E-state index contributed by atoms with van der Waals surface area (Å²) in [6.45, 7) is 8.50. The Morgan fingerprint density at radius 1 is 1.73 bits per heavy atom. The summed E-state index contributed by atoms with van der Waals surface area (Å²) in [5.41, 5.74) is -0.102. The molecule has 0 radical (unpaired) electrons. The molecule has 1 N–H and O–H groups in total. The summed E-state index contributed by atoms with van der Waals surface area (Å²) >= 11 is 2.01. The molecule has 0 aliphatic rings. The molecule has 1 aromatic rings. The second-order valence-corrected chi connectivity index (χ2v) is 4.48. The molecule has 0 unspecified atom stereocenters. The van der Waals surface area contributed by atoms with Crippen LogP contribution in [0.5, 0.6) is 0 Å². The quantitative estimate of drug-likeness (QED) is 0.680. The van der Waals surface area contributed by atoms with Crippen molar-refractivity contribution in [2.24, 2.45) is 0 Å². The minimum Gasteiger partial charge on any atom is -0.349 e. The highest BCUT2D eigenvalue weighted by Gasteiger charge is 2.15. The molecule has 4 nitrogen and oxygen atoms in total. The third-order valence-corrected chi connectivity index (χ3v) is 2.97. The first-order valence-corrected chi connectivity index (χ1v) is 5.76. The Labute approximate surface area is 103 Å². The van der Waals surface area contributed by atoms with Gasteiger partial charge >= 0.3 is 0 Å². The van der Waals surface area contributed by atoms with Crippen LogP contribution in [-0.4, -0.2) is 22.6 Å². The average molecular weight is 319 g/mol. The number of rotatable bonds is 4. The number of halogens is 1. The van der Waals surface area contributed by atoms with Crippen LogP contribution in [0.25, 0.3) is 0 Å². The van der Waals surface area contributed by atoms with Gasteiger partial charge < -0.3 is 9.88 Å². The van der Waals surface area contributed by atoms with Crippen LogP contribution >= 0.6 is 22.6 Å². The Balaban J connectivity index is 3.16. The van der Waals surface area contributed by atoms with E-state index in [-0.39, 0.29) is 11.6 Å². The smallest absolute Gasteiger partial charge is 0.266 e. The van der Waals surface area contributed by atoms with E-state index in [2.05, 4.69) is 30.4 Å². The van der Waals surface area contributed by atoms with Crippen LogP contribution in [0.4, 0.5) is 5.82 Å². The van der Waals surface area contributed by atoms with Crippen molar-refractivity contribution in [3.05, 3.63) is 32.9 Å². The number of aromatic nitrogens is 2. The van der Waals surface area contributed by atoms with Crippen LogP contribution in [0.3, 0.4) is 0 Å². The monoisotopic (exact) mass is 319 g/mol. The molecule has 1 heterocycles. The Kier molecular flexibility index (Phi) is 4.31. The van der Waals surface area contributed by atoms with E-state index in [9.17, 15) is 4.79 Å². The molecule has 0 atom stereocenters. The summed E-state index contributed by atoms with van der Waals surface area (Å²) < 4.78 is 0.616. The highest BCUT2D eigenvalue weighted by Crippen LogP contribution is 2.17. The molecule has 15 heavy (non-hydrogen) atoms. The second-order valence-electron chi connectivity index (χ2n) is 3.40. The van der Waals surface area contributed by atoms with Crippen molar-refractivity contribution in [3.63, 3.8) is 0 Å².